The minimum Gasteiger partial charge on any atom is -0.452 e. The SMILES string of the molecule is CC(OC(=O)CSc1cnc2ccccc2n1)c1nc(-c2cccnc2)no1. The largest absolute Gasteiger partial charge is 0.452 e. The lowest BCUT2D eigenvalue weighted by atomic mass is 10.3. The van der Waals surface area contributed by atoms with Gasteiger partial charge in [0.1, 0.15) is 5.03 Å². The number of hydrogen-bond donors (Lipinski definition) is 0. The zero-order valence-corrected chi connectivity index (χ0v) is 15.7. The van der Waals surface area contributed by atoms with E-state index in [1.165, 1.54) is 11.8 Å². The molecule has 1 aromatic carbocycles. The second-order valence-corrected chi connectivity index (χ2v) is 6.81. The number of para-hydroxylation sites is 2. The van der Waals surface area contributed by atoms with Crippen LogP contribution >= 0.6 is 11.8 Å². The topological polar surface area (TPSA) is 104 Å². The summed E-state index contributed by atoms with van der Waals surface area (Å²) in [6.45, 7) is 1.68. The van der Waals surface area contributed by atoms with E-state index in [0.29, 0.717) is 10.9 Å². The Labute approximate surface area is 164 Å². The van der Waals surface area contributed by atoms with Crippen molar-refractivity contribution in [3.05, 3.63) is 60.9 Å². The lowest BCUT2D eigenvalue weighted by Gasteiger charge is -2.08. The summed E-state index contributed by atoms with van der Waals surface area (Å²) in [4.78, 5) is 29.2. The Morgan fingerprint density at radius 3 is 2.82 bits per heavy atom. The van der Waals surface area contributed by atoms with Crippen LogP contribution in [0.1, 0.15) is 18.9 Å². The molecule has 0 bridgehead atoms. The third-order valence-electron chi connectivity index (χ3n) is 3.78. The van der Waals surface area contributed by atoms with E-state index in [1.807, 2.05) is 30.3 Å². The standard InChI is InChI=1S/C19H15N5O3S/c1-12(19-23-18(24-27-19)13-5-4-8-20-9-13)26-17(25)11-28-16-10-21-14-6-2-3-7-15(14)22-16/h2-10,12H,11H2,1H3. The van der Waals surface area contributed by atoms with Crippen molar-refractivity contribution in [2.45, 2.75) is 18.1 Å². The molecule has 9 heteroatoms. The molecule has 140 valence electrons. The first-order valence-corrected chi connectivity index (χ1v) is 9.45. The Balaban J connectivity index is 1.35. The van der Waals surface area contributed by atoms with Crippen LogP contribution in [0.3, 0.4) is 0 Å². The molecular weight excluding hydrogens is 378 g/mol. The quantitative estimate of drug-likeness (QED) is 0.360. The number of pyridine rings is 1. The summed E-state index contributed by atoms with van der Waals surface area (Å²) in [5.74, 6) is 0.309. The van der Waals surface area contributed by atoms with E-state index in [0.717, 1.165) is 16.6 Å². The third kappa shape index (κ3) is 4.15. The van der Waals surface area contributed by atoms with Gasteiger partial charge in [-0.05, 0) is 31.2 Å². The van der Waals surface area contributed by atoms with Crippen molar-refractivity contribution in [1.29, 1.82) is 0 Å². The summed E-state index contributed by atoms with van der Waals surface area (Å²) in [5, 5.41) is 4.55. The number of esters is 1. The molecule has 8 nitrogen and oxygen atoms in total. The summed E-state index contributed by atoms with van der Waals surface area (Å²) >= 11 is 1.26. The van der Waals surface area contributed by atoms with E-state index >= 15 is 0 Å². The maximum Gasteiger partial charge on any atom is 0.317 e. The van der Waals surface area contributed by atoms with Crippen LogP contribution in [0.25, 0.3) is 22.4 Å². The number of benzene rings is 1. The molecule has 0 aliphatic heterocycles. The molecule has 0 saturated carbocycles. The van der Waals surface area contributed by atoms with Crippen LogP contribution in [0.5, 0.6) is 0 Å². The van der Waals surface area contributed by atoms with Gasteiger partial charge >= 0.3 is 5.97 Å². The van der Waals surface area contributed by atoms with E-state index in [4.69, 9.17) is 9.26 Å². The molecule has 0 N–H and O–H groups in total. The van der Waals surface area contributed by atoms with Crippen molar-refractivity contribution in [2.75, 3.05) is 5.75 Å². The predicted molar refractivity (Wildman–Crippen MR) is 102 cm³/mol. The van der Waals surface area contributed by atoms with Gasteiger partial charge < -0.3 is 9.26 Å². The fraction of sp³-hybridized carbons (Fsp3) is 0.158. The van der Waals surface area contributed by atoms with Crippen LogP contribution in [0.15, 0.2) is 64.5 Å². The molecule has 0 aliphatic carbocycles. The number of thioether (sulfide) groups is 1. The Morgan fingerprint density at radius 1 is 1.14 bits per heavy atom. The molecule has 0 saturated heterocycles. The highest BCUT2D eigenvalue weighted by atomic mass is 32.2. The summed E-state index contributed by atoms with van der Waals surface area (Å²) in [7, 11) is 0. The van der Waals surface area contributed by atoms with Gasteiger partial charge in [-0.1, -0.05) is 29.1 Å². The minimum atomic E-state index is -0.659. The number of carbonyl (C=O) groups excluding carboxylic acids is 1. The number of hydrogen-bond acceptors (Lipinski definition) is 9. The highest BCUT2D eigenvalue weighted by Crippen LogP contribution is 2.22. The van der Waals surface area contributed by atoms with Crippen LogP contribution in [0.2, 0.25) is 0 Å². The fourth-order valence-electron chi connectivity index (χ4n) is 2.44. The summed E-state index contributed by atoms with van der Waals surface area (Å²) in [6, 6.07) is 11.2. The van der Waals surface area contributed by atoms with Gasteiger partial charge in [0, 0.05) is 18.0 Å². The summed E-state index contributed by atoms with van der Waals surface area (Å²) in [5.41, 5.74) is 2.31. The highest BCUT2D eigenvalue weighted by molar-refractivity contribution is 7.99. The lowest BCUT2D eigenvalue weighted by molar-refractivity contribution is -0.146. The van der Waals surface area contributed by atoms with Crippen molar-refractivity contribution in [3.8, 4) is 11.4 Å². The Bertz CT molecular complexity index is 1100. The lowest BCUT2D eigenvalue weighted by Crippen LogP contribution is -2.11. The monoisotopic (exact) mass is 393 g/mol. The van der Waals surface area contributed by atoms with Gasteiger partial charge in [0.2, 0.25) is 5.82 Å². The molecule has 4 rings (SSSR count). The molecular formula is C19H15N5O3S. The predicted octanol–water partition coefficient (Wildman–Crippen LogP) is 3.47. The second-order valence-electron chi connectivity index (χ2n) is 5.82. The van der Waals surface area contributed by atoms with Gasteiger partial charge in [0.15, 0.2) is 6.10 Å². The van der Waals surface area contributed by atoms with E-state index < -0.39 is 12.1 Å². The van der Waals surface area contributed by atoms with Gasteiger partial charge in [0.05, 0.1) is 23.0 Å². The molecule has 4 aromatic rings. The van der Waals surface area contributed by atoms with Gasteiger partial charge in [-0.3, -0.25) is 14.8 Å². The number of nitrogens with zero attached hydrogens (tertiary/aromatic N) is 5. The first-order chi connectivity index (χ1) is 13.7. The molecule has 1 unspecified atom stereocenters. The first kappa shape index (κ1) is 18.1. The molecule has 0 radical (unpaired) electrons. The van der Waals surface area contributed by atoms with Crippen LogP contribution in [-0.2, 0) is 9.53 Å². The molecule has 3 aromatic heterocycles. The number of aromatic nitrogens is 5. The van der Waals surface area contributed by atoms with Gasteiger partial charge in [-0.2, -0.15) is 4.98 Å². The molecule has 3 heterocycles. The smallest absolute Gasteiger partial charge is 0.317 e. The van der Waals surface area contributed by atoms with Gasteiger partial charge in [0.25, 0.3) is 5.89 Å². The number of carbonyl (C=O) groups is 1. The maximum absolute atomic E-state index is 12.1. The summed E-state index contributed by atoms with van der Waals surface area (Å²) < 4.78 is 10.6. The molecule has 0 aliphatic rings. The van der Waals surface area contributed by atoms with Crippen molar-refractivity contribution in [2.24, 2.45) is 0 Å². The Kier molecular flexibility index (Phi) is 5.24. The molecule has 1 atom stereocenters. The summed E-state index contributed by atoms with van der Waals surface area (Å²) in [6.07, 6.45) is 4.27. The fourth-order valence-corrected chi connectivity index (χ4v) is 3.06. The normalized spacial score (nSPS) is 12.0. The maximum atomic E-state index is 12.1. The Morgan fingerprint density at radius 2 is 2.00 bits per heavy atom. The second kappa shape index (κ2) is 8.13. The van der Waals surface area contributed by atoms with E-state index in [1.54, 1.807) is 31.6 Å². The zero-order valence-electron chi connectivity index (χ0n) is 14.8. The van der Waals surface area contributed by atoms with Crippen LogP contribution in [-0.4, -0.2) is 36.8 Å². The van der Waals surface area contributed by atoms with Crippen molar-refractivity contribution >= 4 is 28.8 Å². The number of rotatable bonds is 6. The van der Waals surface area contributed by atoms with Gasteiger partial charge in [-0.15, -0.1) is 0 Å². The minimum absolute atomic E-state index is 0.0982. The number of ether oxygens (including phenoxy) is 1. The highest BCUT2D eigenvalue weighted by Gasteiger charge is 2.19. The van der Waals surface area contributed by atoms with E-state index in [2.05, 4.69) is 25.1 Å². The third-order valence-corrected chi connectivity index (χ3v) is 4.65. The van der Waals surface area contributed by atoms with Gasteiger partial charge in [-0.25, -0.2) is 4.98 Å². The van der Waals surface area contributed by atoms with Crippen molar-refractivity contribution < 1.29 is 14.1 Å². The molecule has 0 fully saturated rings. The molecule has 28 heavy (non-hydrogen) atoms. The molecule has 0 spiro atoms. The first-order valence-electron chi connectivity index (χ1n) is 8.47. The average molecular weight is 393 g/mol. The van der Waals surface area contributed by atoms with Crippen LogP contribution in [0, 0.1) is 0 Å². The zero-order chi connectivity index (χ0) is 19.3. The van der Waals surface area contributed by atoms with Crippen molar-refractivity contribution in [1.82, 2.24) is 25.1 Å². The van der Waals surface area contributed by atoms with Crippen LogP contribution in [0.4, 0.5) is 0 Å². The van der Waals surface area contributed by atoms with E-state index in [-0.39, 0.29) is 11.6 Å². The number of fused-ring (bicyclic) bond motifs is 1. The van der Waals surface area contributed by atoms with E-state index in [9.17, 15) is 4.79 Å². The Hall–Kier alpha value is -3.33. The molecule has 0 amide bonds. The van der Waals surface area contributed by atoms with Crippen LogP contribution < -0.4 is 0 Å². The average Bonchev–Trinajstić information content (AvgIpc) is 3.23. The van der Waals surface area contributed by atoms with Crippen molar-refractivity contribution in [3.63, 3.8) is 0 Å².